The highest BCUT2D eigenvalue weighted by atomic mass is 16.5. The molecule has 1 fully saturated rings. The summed E-state index contributed by atoms with van der Waals surface area (Å²) in [6.45, 7) is 4.47. The Labute approximate surface area is 207 Å². The molecule has 7 heteroatoms. The molecule has 5 atom stereocenters. The van der Waals surface area contributed by atoms with Gasteiger partial charge in [0.1, 0.15) is 5.75 Å². The van der Waals surface area contributed by atoms with Gasteiger partial charge in [-0.1, -0.05) is 38.8 Å². The summed E-state index contributed by atoms with van der Waals surface area (Å²) >= 11 is 0. The fourth-order valence-corrected chi connectivity index (χ4v) is 5.61. The van der Waals surface area contributed by atoms with Crippen LogP contribution in [0.1, 0.15) is 66.6 Å². The highest BCUT2D eigenvalue weighted by molar-refractivity contribution is 6.02. The van der Waals surface area contributed by atoms with Gasteiger partial charge in [0.15, 0.2) is 11.5 Å². The van der Waals surface area contributed by atoms with Crippen LogP contribution in [-0.2, 0) is 4.79 Å². The molecular formula is C28H36N2O5. The summed E-state index contributed by atoms with van der Waals surface area (Å²) in [5.74, 6) is 1.77. The zero-order chi connectivity index (χ0) is 25.3. The molecule has 0 aromatic heterocycles. The number of likely N-dealkylation sites (N-methyl/N-ethyl adjacent to an activating group) is 1. The van der Waals surface area contributed by atoms with E-state index in [-0.39, 0.29) is 17.9 Å². The third-order valence-corrected chi connectivity index (χ3v) is 7.95. The summed E-state index contributed by atoms with van der Waals surface area (Å²) in [6.07, 6.45) is 3.25. The first-order valence-electron chi connectivity index (χ1n) is 12.3. The second-order valence-electron chi connectivity index (χ2n) is 9.79. The Hall–Kier alpha value is -3.22. The number of nitrogens with zero attached hydrogens (tertiary/aromatic N) is 1. The second-order valence-corrected chi connectivity index (χ2v) is 9.79. The first-order chi connectivity index (χ1) is 16.8. The third-order valence-electron chi connectivity index (χ3n) is 7.95. The zero-order valence-electron chi connectivity index (χ0n) is 21.5. The van der Waals surface area contributed by atoms with Crippen LogP contribution in [0.3, 0.4) is 0 Å². The first-order valence-corrected chi connectivity index (χ1v) is 12.3. The molecule has 2 aromatic rings. The molecule has 0 spiro atoms. The minimum absolute atomic E-state index is 0.0791. The predicted molar refractivity (Wildman–Crippen MR) is 134 cm³/mol. The number of carbonyl (C=O) groups excluding carboxylic acids is 2. The van der Waals surface area contributed by atoms with E-state index >= 15 is 0 Å². The Morgan fingerprint density at radius 2 is 1.63 bits per heavy atom. The number of ether oxygens (including phenoxy) is 3. The van der Waals surface area contributed by atoms with Gasteiger partial charge in [0.25, 0.3) is 5.91 Å². The smallest absolute Gasteiger partial charge is 0.254 e. The fraction of sp³-hybridized carbons (Fsp3) is 0.500. The molecular weight excluding hydrogens is 444 g/mol. The highest BCUT2D eigenvalue weighted by Gasteiger charge is 2.44. The van der Waals surface area contributed by atoms with Gasteiger partial charge >= 0.3 is 0 Å². The lowest BCUT2D eigenvalue weighted by atomic mass is 9.76. The molecule has 7 nitrogen and oxygen atoms in total. The summed E-state index contributed by atoms with van der Waals surface area (Å²) in [6, 6.07) is 10.7. The van der Waals surface area contributed by atoms with Crippen molar-refractivity contribution < 1.29 is 23.8 Å². The second kappa shape index (κ2) is 10.2. The van der Waals surface area contributed by atoms with Crippen molar-refractivity contribution in [3.8, 4) is 17.2 Å². The maximum Gasteiger partial charge on any atom is 0.254 e. The van der Waals surface area contributed by atoms with Crippen molar-refractivity contribution in [2.45, 2.75) is 51.1 Å². The standard InChI is InChI=1S/C28H36N2O5/c1-16-8-7-9-22(17(16)2)29-27(31)25-20-14-23(34-5)24(35-6)15-21(20)28(32)30(3)26(25)18-10-12-19(33-4)13-11-18/h10-17,22,25-26H,7-9H2,1-6H3,(H,29,31)/t16-,17+,22-,25+,26-/m1/s1. The molecule has 4 rings (SSSR count). The third kappa shape index (κ3) is 4.56. The molecule has 0 bridgehead atoms. The molecule has 1 saturated carbocycles. The van der Waals surface area contributed by atoms with Crippen molar-refractivity contribution in [3.05, 3.63) is 53.1 Å². The van der Waals surface area contributed by atoms with Crippen molar-refractivity contribution in [2.75, 3.05) is 28.4 Å². The Morgan fingerprint density at radius 3 is 2.26 bits per heavy atom. The summed E-state index contributed by atoms with van der Waals surface area (Å²) in [4.78, 5) is 29.2. The molecule has 2 amide bonds. The van der Waals surface area contributed by atoms with Gasteiger partial charge in [-0.05, 0) is 53.6 Å². The van der Waals surface area contributed by atoms with Crippen LogP contribution in [0.4, 0.5) is 0 Å². The van der Waals surface area contributed by atoms with Crippen molar-refractivity contribution in [1.82, 2.24) is 10.2 Å². The van der Waals surface area contributed by atoms with Crippen molar-refractivity contribution in [3.63, 3.8) is 0 Å². The zero-order valence-corrected chi connectivity index (χ0v) is 21.5. The summed E-state index contributed by atoms with van der Waals surface area (Å²) < 4.78 is 16.3. The summed E-state index contributed by atoms with van der Waals surface area (Å²) in [5, 5.41) is 3.36. The maximum atomic E-state index is 14.0. The van der Waals surface area contributed by atoms with E-state index in [0.717, 1.165) is 24.2 Å². The van der Waals surface area contributed by atoms with Crippen LogP contribution >= 0.6 is 0 Å². The van der Waals surface area contributed by atoms with E-state index in [9.17, 15) is 9.59 Å². The van der Waals surface area contributed by atoms with E-state index in [1.54, 1.807) is 38.3 Å². The van der Waals surface area contributed by atoms with E-state index in [1.165, 1.54) is 13.5 Å². The molecule has 1 heterocycles. The van der Waals surface area contributed by atoms with Gasteiger partial charge in [-0.15, -0.1) is 0 Å². The molecule has 2 aromatic carbocycles. The topological polar surface area (TPSA) is 77.1 Å². The number of benzene rings is 2. The number of fused-ring (bicyclic) bond motifs is 1. The van der Waals surface area contributed by atoms with E-state index in [1.807, 2.05) is 24.3 Å². The summed E-state index contributed by atoms with van der Waals surface area (Å²) in [7, 11) is 6.46. The largest absolute Gasteiger partial charge is 0.497 e. The van der Waals surface area contributed by atoms with Crippen molar-refractivity contribution in [1.29, 1.82) is 0 Å². The normalized spacial score (nSPS) is 26.1. The van der Waals surface area contributed by atoms with Gasteiger partial charge in [0.05, 0.1) is 33.3 Å². The number of nitrogens with one attached hydrogen (secondary N) is 1. The lowest BCUT2D eigenvalue weighted by molar-refractivity contribution is -0.125. The molecule has 2 aliphatic rings. The average molecular weight is 481 g/mol. The van der Waals surface area contributed by atoms with Crippen LogP contribution in [0.2, 0.25) is 0 Å². The van der Waals surface area contributed by atoms with Crippen LogP contribution in [0.5, 0.6) is 17.2 Å². The number of carbonyl (C=O) groups is 2. The lowest BCUT2D eigenvalue weighted by Crippen LogP contribution is -2.50. The van der Waals surface area contributed by atoms with E-state index < -0.39 is 12.0 Å². The average Bonchev–Trinajstić information content (AvgIpc) is 2.87. The minimum atomic E-state index is -0.606. The molecule has 0 saturated heterocycles. The number of hydrogen-bond acceptors (Lipinski definition) is 5. The quantitative estimate of drug-likeness (QED) is 0.656. The first kappa shape index (κ1) is 24.9. The Bertz CT molecular complexity index is 1080. The van der Waals surface area contributed by atoms with Gasteiger partial charge in [0.2, 0.25) is 5.91 Å². The van der Waals surface area contributed by atoms with Crippen molar-refractivity contribution >= 4 is 11.8 Å². The number of hydrogen-bond donors (Lipinski definition) is 1. The molecule has 1 N–H and O–H groups in total. The van der Waals surface area contributed by atoms with Gasteiger partial charge in [-0.25, -0.2) is 0 Å². The van der Waals surface area contributed by atoms with Gasteiger partial charge < -0.3 is 24.4 Å². The van der Waals surface area contributed by atoms with Crippen LogP contribution in [0.25, 0.3) is 0 Å². The Balaban J connectivity index is 1.82. The van der Waals surface area contributed by atoms with Gasteiger partial charge in [-0.3, -0.25) is 9.59 Å². The molecule has 1 aliphatic heterocycles. The van der Waals surface area contributed by atoms with Crippen LogP contribution in [0, 0.1) is 11.8 Å². The highest BCUT2D eigenvalue weighted by Crippen LogP contribution is 2.46. The Kier molecular flexibility index (Phi) is 7.24. The number of amides is 2. The van der Waals surface area contributed by atoms with E-state index in [2.05, 4.69) is 19.2 Å². The Morgan fingerprint density at radius 1 is 0.971 bits per heavy atom. The maximum absolute atomic E-state index is 14.0. The lowest BCUT2D eigenvalue weighted by Gasteiger charge is -2.42. The van der Waals surface area contributed by atoms with Crippen molar-refractivity contribution in [2.24, 2.45) is 11.8 Å². The molecule has 0 unspecified atom stereocenters. The van der Waals surface area contributed by atoms with Crippen LogP contribution < -0.4 is 19.5 Å². The predicted octanol–water partition coefficient (Wildman–Crippen LogP) is 4.56. The minimum Gasteiger partial charge on any atom is -0.497 e. The number of methoxy groups -OCH3 is 3. The van der Waals surface area contributed by atoms with Gasteiger partial charge in [0, 0.05) is 18.7 Å². The van der Waals surface area contributed by atoms with E-state index in [4.69, 9.17) is 14.2 Å². The van der Waals surface area contributed by atoms with Gasteiger partial charge in [-0.2, -0.15) is 0 Å². The van der Waals surface area contributed by atoms with E-state index in [0.29, 0.717) is 34.5 Å². The molecule has 1 aliphatic carbocycles. The fourth-order valence-electron chi connectivity index (χ4n) is 5.61. The molecule has 35 heavy (non-hydrogen) atoms. The van der Waals surface area contributed by atoms with Crippen LogP contribution in [-0.4, -0.2) is 51.1 Å². The summed E-state index contributed by atoms with van der Waals surface area (Å²) in [5.41, 5.74) is 1.98. The monoisotopic (exact) mass is 480 g/mol. The van der Waals surface area contributed by atoms with Crippen LogP contribution in [0.15, 0.2) is 36.4 Å². The number of rotatable bonds is 6. The SMILES string of the molecule is COc1ccc([C@@H]2[C@@H](C(=O)N[C@@H]3CCC[C@@H](C)[C@@H]3C)c3cc(OC)c(OC)cc3C(=O)N2C)cc1. The molecule has 0 radical (unpaired) electrons. The molecule has 188 valence electrons.